The average Bonchev–Trinajstić information content (AvgIpc) is 2.37. The standard InChI is InChI=1S/C17H20O2/c1-17(2,3)19-16-7-5-6-14(12-16)13-8-10-15(18-4)11-9-13/h5-12H,1-4H3. The fourth-order valence-corrected chi connectivity index (χ4v) is 1.88. The van der Waals surface area contributed by atoms with Crippen LogP contribution in [0.1, 0.15) is 20.8 Å². The third kappa shape index (κ3) is 3.75. The highest BCUT2D eigenvalue weighted by Crippen LogP contribution is 2.27. The van der Waals surface area contributed by atoms with Crippen molar-refractivity contribution < 1.29 is 9.47 Å². The van der Waals surface area contributed by atoms with Crippen LogP contribution in [0.4, 0.5) is 0 Å². The zero-order chi connectivity index (χ0) is 13.9. The first-order valence-corrected chi connectivity index (χ1v) is 6.41. The lowest BCUT2D eigenvalue weighted by Crippen LogP contribution is -2.22. The van der Waals surface area contributed by atoms with Gasteiger partial charge in [0.15, 0.2) is 0 Å². The summed E-state index contributed by atoms with van der Waals surface area (Å²) in [7, 11) is 1.67. The highest BCUT2D eigenvalue weighted by Gasteiger charge is 2.12. The van der Waals surface area contributed by atoms with Gasteiger partial charge in [0.2, 0.25) is 0 Å². The molecule has 0 atom stereocenters. The molecule has 2 aromatic carbocycles. The summed E-state index contributed by atoms with van der Waals surface area (Å²) in [4.78, 5) is 0. The minimum atomic E-state index is -0.182. The number of ether oxygens (including phenoxy) is 2. The van der Waals surface area contributed by atoms with Crippen LogP contribution < -0.4 is 9.47 Å². The molecule has 0 aliphatic rings. The van der Waals surface area contributed by atoms with Crippen LogP contribution in [0.3, 0.4) is 0 Å². The van der Waals surface area contributed by atoms with Crippen LogP contribution in [0.2, 0.25) is 0 Å². The third-order valence-electron chi connectivity index (χ3n) is 2.68. The summed E-state index contributed by atoms with van der Waals surface area (Å²) in [6.07, 6.45) is 0. The van der Waals surface area contributed by atoms with Crippen molar-refractivity contribution in [1.29, 1.82) is 0 Å². The van der Waals surface area contributed by atoms with E-state index in [0.717, 1.165) is 22.6 Å². The number of methoxy groups -OCH3 is 1. The second kappa shape index (κ2) is 5.35. The van der Waals surface area contributed by atoms with Gasteiger partial charge in [-0.2, -0.15) is 0 Å². The van der Waals surface area contributed by atoms with Crippen LogP contribution in [0.25, 0.3) is 11.1 Å². The maximum absolute atomic E-state index is 5.88. The Bertz CT molecular complexity index is 536. The molecule has 0 fully saturated rings. The molecular formula is C17H20O2. The summed E-state index contributed by atoms with van der Waals surface area (Å²) in [5.41, 5.74) is 2.11. The van der Waals surface area contributed by atoms with E-state index in [9.17, 15) is 0 Å². The van der Waals surface area contributed by atoms with Crippen molar-refractivity contribution in [3.05, 3.63) is 48.5 Å². The Hall–Kier alpha value is -1.96. The lowest BCUT2D eigenvalue weighted by molar-refractivity contribution is 0.131. The second-order valence-electron chi connectivity index (χ2n) is 5.47. The quantitative estimate of drug-likeness (QED) is 0.802. The van der Waals surface area contributed by atoms with Gasteiger partial charge in [-0.15, -0.1) is 0 Å². The Morgan fingerprint density at radius 2 is 1.47 bits per heavy atom. The molecule has 0 saturated heterocycles. The Morgan fingerprint density at radius 1 is 0.789 bits per heavy atom. The predicted octanol–water partition coefficient (Wildman–Crippen LogP) is 4.54. The third-order valence-corrected chi connectivity index (χ3v) is 2.68. The summed E-state index contributed by atoms with van der Waals surface area (Å²) in [5.74, 6) is 1.76. The number of hydrogen-bond donors (Lipinski definition) is 0. The monoisotopic (exact) mass is 256 g/mol. The van der Waals surface area contributed by atoms with Crippen LogP contribution in [0.15, 0.2) is 48.5 Å². The van der Waals surface area contributed by atoms with Crippen LogP contribution in [0.5, 0.6) is 11.5 Å². The molecule has 2 nitrogen and oxygen atoms in total. The molecule has 0 aliphatic carbocycles. The van der Waals surface area contributed by atoms with Gasteiger partial charge in [-0.25, -0.2) is 0 Å². The summed E-state index contributed by atoms with van der Waals surface area (Å²) >= 11 is 0. The van der Waals surface area contributed by atoms with Gasteiger partial charge in [-0.1, -0.05) is 24.3 Å². The minimum absolute atomic E-state index is 0.182. The van der Waals surface area contributed by atoms with Crippen molar-refractivity contribution in [2.75, 3.05) is 7.11 Å². The van der Waals surface area contributed by atoms with Crippen molar-refractivity contribution in [3.63, 3.8) is 0 Å². The topological polar surface area (TPSA) is 18.5 Å². The molecule has 0 aliphatic heterocycles. The molecule has 2 aromatic rings. The highest BCUT2D eigenvalue weighted by atomic mass is 16.5. The van der Waals surface area contributed by atoms with Gasteiger partial charge in [0.25, 0.3) is 0 Å². The average molecular weight is 256 g/mol. The SMILES string of the molecule is COc1ccc(-c2cccc(OC(C)(C)C)c2)cc1. The molecule has 0 N–H and O–H groups in total. The minimum Gasteiger partial charge on any atom is -0.497 e. The van der Waals surface area contributed by atoms with E-state index in [2.05, 4.69) is 24.3 Å². The summed E-state index contributed by atoms with van der Waals surface area (Å²) in [6, 6.07) is 16.2. The van der Waals surface area contributed by atoms with E-state index in [1.165, 1.54) is 0 Å². The van der Waals surface area contributed by atoms with E-state index < -0.39 is 0 Å². The summed E-state index contributed by atoms with van der Waals surface area (Å²) < 4.78 is 11.1. The molecule has 2 heteroatoms. The van der Waals surface area contributed by atoms with Gasteiger partial charge in [0.05, 0.1) is 7.11 Å². The summed E-state index contributed by atoms with van der Waals surface area (Å²) in [5, 5.41) is 0. The number of hydrogen-bond acceptors (Lipinski definition) is 2. The van der Waals surface area contributed by atoms with Crippen molar-refractivity contribution in [2.45, 2.75) is 26.4 Å². The van der Waals surface area contributed by atoms with Crippen LogP contribution in [0, 0.1) is 0 Å². The normalized spacial score (nSPS) is 11.2. The Morgan fingerprint density at radius 3 is 2.05 bits per heavy atom. The largest absolute Gasteiger partial charge is 0.497 e. The predicted molar refractivity (Wildman–Crippen MR) is 78.8 cm³/mol. The number of rotatable bonds is 3. The zero-order valence-electron chi connectivity index (χ0n) is 11.9. The van der Waals surface area contributed by atoms with Gasteiger partial charge in [-0.05, 0) is 56.2 Å². The van der Waals surface area contributed by atoms with Crippen LogP contribution in [-0.2, 0) is 0 Å². The molecule has 19 heavy (non-hydrogen) atoms. The van der Waals surface area contributed by atoms with Gasteiger partial charge in [-0.3, -0.25) is 0 Å². The first kappa shape index (κ1) is 13.5. The lowest BCUT2D eigenvalue weighted by atomic mass is 10.1. The molecule has 0 unspecified atom stereocenters. The van der Waals surface area contributed by atoms with E-state index in [0.29, 0.717) is 0 Å². The van der Waals surface area contributed by atoms with Gasteiger partial charge in [0, 0.05) is 0 Å². The van der Waals surface area contributed by atoms with Gasteiger partial charge >= 0.3 is 0 Å². The zero-order valence-corrected chi connectivity index (χ0v) is 11.9. The number of benzene rings is 2. The smallest absolute Gasteiger partial charge is 0.120 e. The first-order valence-electron chi connectivity index (χ1n) is 6.41. The van der Waals surface area contributed by atoms with Crippen LogP contribution in [-0.4, -0.2) is 12.7 Å². The fourth-order valence-electron chi connectivity index (χ4n) is 1.88. The van der Waals surface area contributed by atoms with Crippen molar-refractivity contribution in [2.24, 2.45) is 0 Å². The Labute approximate surface area is 115 Å². The maximum atomic E-state index is 5.88. The molecule has 0 radical (unpaired) electrons. The van der Waals surface area contributed by atoms with E-state index in [1.807, 2.05) is 45.0 Å². The molecule has 0 aromatic heterocycles. The molecule has 0 bridgehead atoms. The molecule has 0 saturated carbocycles. The van der Waals surface area contributed by atoms with Crippen molar-refractivity contribution >= 4 is 0 Å². The van der Waals surface area contributed by atoms with Crippen molar-refractivity contribution in [1.82, 2.24) is 0 Å². The Kier molecular flexibility index (Phi) is 3.79. The van der Waals surface area contributed by atoms with E-state index in [1.54, 1.807) is 7.11 Å². The summed E-state index contributed by atoms with van der Waals surface area (Å²) in [6.45, 7) is 6.15. The second-order valence-corrected chi connectivity index (χ2v) is 5.47. The van der Waals surface area contributed by atoms with Gasteiger partial charge in [0.1, 0.15) is 17.1 Å². The lowest BCUT2D eigenvalue weighted by Gasteiger charge is -2.21. The van der Waals surface area contributed by atoms with Gasteiger partial charge < -0.3 is 9.47 Å². The first-order chi connectivity index (χ1) is 8.98. The fraction of sp³-hybridized carbons (Fsp3) is 0.294. The van der Waals surface area contributed by atoms with E-state index in [-0.39, 0.29) is 5.60 Å². The van der Waals surface area contributed by atoms with Crippen LogP contribution >= 0.6 is 0 Å². The van der Waals surface area contributed by atoms with E-state index in [4.69, 9.17) is 9.47 Å². The maximum Gasteiger partial charge on any atom is 0.120 e. The highest BCUT2D eigenvalue weighted by molar-refractivity contribution is 5.65. The molecule has 100 valence electrons. The van der Waals surface area contributed by atoms with Crippen molar-refractivity contribution in [3.8, 4) is 22.6 Å². The molecule has 0 heterocycles. The van der Waals surface area contributed by atoms with E-state index >= 15 is 0 Å². The Balaban J connectivity index is 2.27. The molecule has 0 spiro atoms. The molecule has 2 rings (SSSR count). The molecular weight excluding hydrogens is 236 g/mol. The molecule has 0 amide bonds.